The third kappa shape index (κ3) is 2.90. The average molecular weight is 354 g/mol. The van der Waals surface area contributed by atoms with Gasteiger partial charge in [0.2, 0.25) is 11.2 Å². The number of nitrogens with two attached hydrogens (primary N) is 1. The number of anilines is 2. The van der Waals surface area contributed by atoms with E-state index in [1.807, 2.05) is 18.2 Å². The van der Waals surface area contributed by atoms with Gasteiger partial charge in [-0.1, -0.05) is 6.07 Å². The van der Waals surface area contributed by atoms with E-state index in [1.165, 1.54) is 0 Å². The molecule has 8 nitrogen and oxygen atoms in total. The van der Waals surface area contributed by atoms with Gasteiger partial charge in [0.25, 0.3) is 0 Å². The number of imidazole rings is 1. The number of carbonyl (C=O) groups is 1. The number of carbonyl (C=O) groups excluding carboxylic acids is 1. The number of hydrogen-bond acceptors (Lipinski definition) is 5. The van der Waals surface area contributed by atoms with Crippen molar-refractivity contribution < 1.29 is 4.79 Å². The molecule has 9 heteroatoms. The highest BCUT2D eigenvalue weighted by molar-refractivity contribution is 6.28. The number of hydrogen-bond donors (Lipinski definition) is 2. The van der Waals surface area contributed by atoms with Crippen molar-refractivity contribution in [3.63, 3.8) is 0 Å². The zero-order valence-electron chi connectivity index (χ0n) is 12.8. The molecule has 0 bridgehead atoms. The van der Waals surface area contributed by atoms with Gasteiger partial charge in [-0.2, -0.15) is 4.98 Å². The van der Waals surface area contributed by atoms with Crippen LogP contribution in [0.3, 0.4) is 0 Å². The van der Waals surface area contributed by atoms with Crippen LogP contribution in [0.4, 0.5) is 11.6 Å². The Hall–Kier alpha value is -3.39. The Morgan fingerprint density at radius 3 is 2.96 bits per heavy atom. The molecule has 0 spiro atoms. The Balaban J connectivity index is 1.66. The van der Waals surface area contributed by atoms with Crippen LogP contribution in [0.1, 0.15) is 10.4 Å². The lowest BCUT2D eigenvalue weighted by molar-refractivity contribution is 0.100. The van der Waals surface area contributed by atoms with Crippen molar-refractivity contribution in [2.75, 3.05) is 5.32 Å². The summed E-state index contributed by atoms with van der Waals surface area (Å²) >= 11 is 5.94. The van der Waals surface area contributed by atoms with E-state index < -0.39 is 5.91 Å². The van der Waals surface area contributed by atoms with Gasteiger partial charge in [-0.15, -0.1) is 5.10 Å². The molecule has 1 aromatic carbocycles. The van der Waals surface area contributed by atoms with E-state index >= 15 is 0 Å². The van der Waals surface area contributed by atoms with E-state index in [2.05, 4.69) is 20.4 Å². The van der Waals surface area contributed by atoms with Crippen molar-refractivity contribution in [3.8, 4) is 5.69 Å². The zero-order chi connectivity index (χ0) is 17.4. The predicted molar refractivity (Wildman–Crippen MR) is 93.4 cm³/mol. The Labute approximate surface area is 146 Å². The first kappa shape index (κ1) is 15.2. The molecule has 4 aromatic rings. The number of primary amides is 1. The lowest BCUT2D eigenvalue weighted by Gasteiger charge is -2.05. The molecule has 124 valence electrons. The van der Waals surface area contributed by atoms with Crippen LogP contribution in [0, 0.1) is 0 Å². The molecule has 0 saturated carbocycles. The minimum Gasteiger partial charge on any atom is -0.366 e. The number of halogens is 1. The highest BCUT2D eigenvalue weighted by Gasteiger charge is 2.09. The van der Waals surface area contributed by atoms with Crippen LogP contribution in [0.15, 0.2) is 55.1 Å². The first-order valence-corrected chi connectivity index (χ1v) is 7.70. The van der Waals surface area contributed by atoms with E-state index in [1.54, 1.807) is 46.0 Å². The summed E-state index contributed by atoms with van der Waals surface area (Å²) in [5.41, 5.74) is 7.29. The largest absolute Gasteiger partial charge is 0.366 e. The summed E-state index contributed by atoms with van der Waals surface area (Å²) < 4.78 is 3.40. The van der Waals surface area contributed by atoms with E-state index in [9.17, 15) is 4.79 Å². The molecule has 0 atom stereocenters. The summed E-state index contributed by atoms with van der Waals surface area (Å²) in [6.45, 7) is 0. The highest BCUT2D eigenvalue weighted by atomic mass is 35.5. The maximum Gasteiger partial charge on any atom is 0.248 e. The van der Waals surface area contributed by atoms with Crippen molar-refractivity contribution in [2.45, 2.75) is 0 Å². The van der Waals surface area contributed by atoms with Crippen LogP contribution >= 0.6 is 11.6 Å². The molecule has 3 N–H and O–H groups in total. The van der Waals surface area contributed by atoms with Gasteiger partial charge in [0.15, 0.2) is 5.82 Å². The van der Waals surface area contributed by atoms with Crippen molar-refractivity contribution in [1.82, 2.24) is 24.1 Å². The summed E-state index contributed by atoms with van der Waals surface area (Å²) in [4.78, 5) is 19.8. The quantitative estimate of drug-likeness (QED) is 0.586. The second-order valence-corrected chi connectivity index (χ2v) is 5.61. The molecule has 0 aliphatic carbocycles. The Bertz CT molecular complexity index is 1080. The third-order valence-electron chi connectivity index (χ3n) is 3.62. The summed E-state index contributed by atoms with van der Waals surface area (Å²) in [5, 5.41) is 7.32. The van der Waals surface area contributed by atoms with Crippen molar-refractivity contribution in [3.05, 3.63) is 66.0 Å². The summed E-state index contributed by atoms with van der Waals surface area (Å²) in [5.74, 6) is 0.634. The lowest BCUT2D eigenvalue weighted by Crippen LogP contribution is -2.11. The zero-order valence-corrected chi connectivity index (χ0v) is 13.6. The summed E-state index contributed by atoms with van der Waals surface area (Å²) in [6.07, 6.45) is 5.18. The van der Waals surface area contributed by atoms with Crippen LogP contribution in [0.5, 0.6) is 0 Å². The molecule has 0 fully saturated rings. The molecule has 0 aliphatic rings. The van der Waals surface area contributed by atoms with Crippen molar-refractivity contribution in [1.29, 1.82) is 0 Å². The summed E-state index contributed by atoms with van der Waals surface area (Å²) in [6, 6.07) is 10.7. The molecule has 0 radical (unpaired) electrons. The number of nitrogens with zero attached hydrogens (tertiary/aromatic N) is 5. The van der Waals surface area contributed by atoms with E-state index in [4.69, 9.17) is 17.3 Å². The molecule has 0 saturated heterocycles. The molecule has 3 aromatic heterocycles. The number of benzene rings is 1. The van der Waals surface area contributed by atoms with Crippen LogP contribution in [-0.4, -0.2) is 30.1 Å². The molecular formula is C16H12ClN7O. The SMILES string of the molecule is NC(=O)c1cccc(-n2cnc(Nc3nc(Cl)nn4cccc34)c2)c1. The standard InChI is InChI=1S/C16H12ClN7O/c17-16-21-15(12-5-2-6-24(12)22-16)20-13-8-23(9-19-13)11-4-1-3-10(7-11)14(18)25/h1-9H,(H2,18,25)(H,20,21,22). The van der Waals surface area contributed by atoms with Gasteiger partial charge in [0, 0.05) is 17.4 Å². The normalized spacial score (nSPS) is 10.9. The fraction of sp³-hybridized carbons (Fsp3) is 0. The molecule has 4 rings (SSSR count). The predicted octanol–water partition coefficient (Wildman–Crippen LogP) is 2.41. The Morgan fingerprint density at radius 2 is 2.12 bits per heavy atom. The van der Waals surface area contributed by atoms with E-state index in [0.29, 0.717) is 17.2 Å². The van der Waals surface area contributed by atoms with Crippen LogP contribution < -0.4 is 11.1 Å². The first-order valence-electron chi connectivity index (χ1n) is 7.32. The minimum absolute atomic E-state index is 0.125. The average Bonchev–Trinajstić information content (AvgIpc) is 3.24. The third-order valence-corrected chi connectivity index (χ3v) is 3.78. The highest BCUT2D eigenvalue weighted by Crippen LogP contribution is 2.21. The second-order valence-electron chi connectivity index (χ2n) is 5.27. The molecule has 0 aliphatic heterocycles. The molecular weight excluding hydrogens is 342 g/mol. The number of rotatable bonds is 4. The Morgan fingerprint density at radius 1 is 1.24 bits per heavy atom. The topological polar surface area (TPSA) is 103 Å². The van der Waals surface area contributed by atoms with Gasteiger partial charge in [-0.3, -0.25) is 4.79 Å². The summed E-state index contributed by atoms with van der Waals surface area (Å²) in [7, 11) is 0. The first-order chi connectivity index (χ1) is 12.1. The Kier molecular flexibility index (Phi) is 3.58. The van der Waals surface area contributed by atoms with E-state index in [-0.39, 0.29) is 5.28 Å². The fourth-order valence-corrected chi connectivity index (χ4v) is 2.64. The van der Waals surface area contributed by atoms with Crippen LogP contribution in [0.25, 0.3) is 11.2 Å². The number of aromatic nitrogens is 5. The lowest BCUT2D eigenvalue weighted by atomic mass is 10.2. The van der Waals surface area contributed by atoms with Gasteiger partial charge in [0.1, 0.15) is 17.7 Å². The number of amides is 1. The van der Waals surface area contributed by atoms with Crippen molar-refractivity contribution in [2.24, 2.45) is 5.73 Å². The van der Waals surface area contributed by atoms with E-state index in [0.717, 1.165) is 11.2 Å². The monoisotopic (exact) mass is 353 g/mol. The van der Waals surface area contributed by atoms with Gasteiger partial charge >= 0.3 is 0 Å². The molecule has 0 unspecified atom stereocenters. The smallest absolute Gasteiger partial charge is 0.248 e. The second kappa shape index (κ2) is 5.91. The van der Waals surface area contributed by atoms with Crippen molar-refractivity contribution >= 4 is 34.7 Å². The maximum absolute atomic E-state index is 11.3. The minimum atomic E-state index is -0.480. The number of fused-ring (bicyclic) bond motifs is 1. The fourth-order valence-electron chi connectivity index (χ4n) is 2.47. The van der Waals surface area contributed by atoms with Crippen LogP contribution in [-0.2, 0) is 0 Å². The molecule has 25 heavy (non-hydrogen) atoms. The maximum atomic E-state index is 11.3. The van der Waals surface area contributed by atoms with Gasteiger partial charge in [0.05, 0.1) is 6.20 Å². The number of nitrogens with one attached hydrogen (secondary N) is 1. The molecule has 3 heterocycles. The van der Waals surface area contributed by atoms with Gasteiger partial charge in [-0.05, 0) is 41.9 Å². The van der Waals surface area contributed by atoms with Gasteiger partial charge < -0.3 is 15.6 Å². The molecule has 1 amide bonds. The van der Waals surface area contributed by atoms with Gasteiger partial charge in [-0.25, -0.2) is 9.50 Å². The van der Waals surface area contributed by atoms with Crippen LogP contribution in [0.2, 0.25) is 5.28 Å².